The first kappa shape index (κ1) is 28.7. The molecule has 0 amide bonds. The highest BCUT2D eigenvalue weighted by Gasteiger charge is 2.22. The normalized spacial score (nSPS) is 11.4. The molecule has 42 heavy (non-hydrogen) atoms. The smallest absolute Gasteiger partial charge is 0.408 e. The highest BCUT2D eigenvalue weighted by Crippen LogP contribution is 2.30. The van der Waals surface area contributed by atoms with Gasteiger partial charge in [-0.3, -0.25) is 18.9 Å². The number of H-pyrrole nitrogens is 1. The lowest BCUT2D eigenvalue weighted by atomic mass is 9.98. The quantitative estimate of drug-likeness (QED) is 0.238. The monoisotopic (exact) mass is 569 g/mol. The molecule has 0 bridgehead atoms. The molecule has 0 radical (unpaired) electrons. The van der Waals surface area contributed by atoms with E-state index in [1.165, 1.54) is 0 Å². The Bertz CT molecular complexity index is 1780. The number of hydrogen-bond donors (Lipinski definition) is 1. The first-order chi connectivity index (χ1) is 20.2. The van der Waals surface area contributed by atoms with E-state index >= 15 is 0 Å². The minimum Gasteiger partial charge on any atom is -0.408 e. The van der Waals surface area contributed by atoms with Gasteiger partial charge in [0.2, 0.25) is 5.89 Å². The third kappa shape index (κ3) is 6.09. The van der Waals surface area contributed by atoms with Crippen LogP contribution in [0.3, 0.4) is 0 Å². The number of aromatic amines is 1. The topological polar surface area (TPSA) is 136 Å². The molecule has 0 unspecified atom stereocenters. The lowest BCUT2D eigenvalue weighted by molar-refractivity contribution is 0.388. The minimum atomic E-state index is -0.604. The SMILES string of the molecule is CCCCc1nc(C(C)C)c(Cc2nnc(N(C)C)o2)c(=O)n1Cc1ccc(-c2ccccc2-c2noc(=O)[nH]2)cc1. The Balaban J connectivity index is 1.51. The van der Waals surface area contributed by atoms with Gasteiger partial charge >= 0.3 is 11.8 Å². The van der Waals surface area contributed by atoms with Crippen molar-refractivity contribution in [2.45, 2.75) is 58.9 Å². The van der Waals surface area contributed by atoms with E-state index in [-0.39, 0.29) is 17.9 Å². The highest BCUT2D eigenvalue weighted by molar-refractivity contribution is 5.80. The van der Waals surface area contributed by atoms with Crippen molar-refractivity contribution in [2.75, 3.05) is 19.0 Å². The van der Waals surface area contributed by atoms with Crippen molar-refractivity contribution in [3.8, 4) is 22.5 Å². The fourth-order valence-corrected chi connectivity index (χ4v) is 4.90. The van der Waals surface area contributed by atoms with Crippen LogP contribution in [0.1, 0.15) is 68.1 Å². The Kier molecular flexibility index (Phi) is 8.46. The molecule has 0 atom stereocenters. The number of benzene rings is 2. The van der Waals surface area contributed by atoms with Crippen LogP contribution in [0.2, 0.25) is 0 Å². The average Bonchev–Trinajstić information content (AvgIpc) is 3.64. The van der Waals surface area contributed by atoms with Crippen molar-refractivity contribution < 1.29 is 8.94 Å². The third-order valence-electron chi connectivity index (χ3n) is 7.07. The van der Waals surface area contributed by atoms with Gasteiger partial charge in [0.05, 0.1) is 18.7 Å². The molecule has 11 heteroatoms. The van der Waals surface area contributed by atoms with Gasteiger partial charge in [0.15, 0.2) is 5.82 Å². The predicted octanol–water partition coefficient (Wildman–Crippen LogP) is 4.81. The van der Waals surface area contributed by atoms with Crippen LogP contribution in [-0.4, -0.2) is 44.0 Å². The zero-order chi connectivity index (χ0) is 29.8. The molecule has 0 saturated heterocycles. The zero-order valence-corrected chi connectivity index (χ0v) is 24.5. The molecule has 0 spiro atoms. The Morgan fingerprint density at radius 2 is 1.74 bits per heavy atom. The maximum absolute atomic E-state index is 14.1. The van der Waals surface area contributed by atoms with Crippen molar-refractivity contribution in [1.82, 2.24) is 29.9 Å². The molecule has 11 nitrogen and oxygen atoms in total. The molecule has 0 aliphatic rings. The van der Waals surface area contributed by atoms with Gasteiger partial charge in [-0.25, -0.2) is 9.78 Å². The second-order valence-electron chi connectivity index (χ2n) is 10.8. The Hall–Kier alpha value is -4.80. The van der Waals surface area contributed by atoms with Crippen molar-refractivity contribution in [3.63, 3.8) is 0 Å². The standard InChI is InChI=1S/C31H35N7O4/c1-6-7-12-25-32-27(19(2)3)24(17-26-34-35-30(41-26)37(4)5)29(39)38(25)18-20-13-15-21(16-14-20)22-10-8-9-11-23(22)28-33-31(40)42-36-28/h8-11,13-16,19H,6-7,12,17-18H2,1-5H3,(H,33,36,40). The highest BCUT2D eigenvalue weighted by atomic mass is 16.5. The second kappa shape index (κ2) is 12.4. The van der Waals surface area contributed by atoms with Gasteiger partial charge in [-0.1, -0.05) is 86.0 Å². The van der Waals surface area contributed by atoms with Gasteiger partial charge in [-0.15, -0.1) is 5.10 Å². The van der Waals surface area contributed by atoms with E-state index in [1.54, 1.807) is 9.47 Å². The Labute approximate surface area is 243 Å². The lowest BCUT2D eigenvalue weighted by Crippen LogP contribution is -2.31. The van der Waals surface area contributed by atoms with Gasteiger partial charge in [0, 0.05) is 31.6 Å². The summed E-state index contributed by atoms with van der Waals surface area (Å²) in [7, 11) is 3.65. The Morgan fingerprint density at radius 1 is 1.00 bits per heavy atom. The van der Waals surface area contributed by atoms with Crippen LogP contribution in [0.15, 0.2) is 67.1 Å². The van der Waals surface area contributed by atoms with E-state index in [4.69, 9.17) is 13.9 Å². The summed E-state index contributed by atoms with van der Waals surface area (Å²) in [6.07, 6.45) is 2.85. The van der Waals surface area contributed by atoms with Crippen LogP contribution in [-0.2, 0) is 19.4 Å². The molecule has 0 aliphatic carbocycles. The molecule has 0 fully saturated rings. The number of aromatic nitrogens is 6. The lowest BCUT2D eigenvalue weighted by Gasteiger charge is -2.19. The average molecular weight is 570 g/mol. The van der Waals surface area contributed by atoms with Crippen LogP contribution < -0.4 is 16.2 Å². The number of rotatable bonds is 11. The molecule has 218 valence electrons. The summed E-state index contributed by atoms with van der Waals surface area (Å²) in [4.78, 5) is 35.0. The van der Waals surface area contributed by atoms with Crippen LogP contribution in [0.4, 0.5) is 6.01 Å². The first-order valence-electron chi connectivity index (χ1n) is 14.1. The van der Waals surface area contributed by atoms with Crippen LogP contribution in [0, 0.1) is 0 Å². The summed E-state index contributed by atoms with van der Waals surface area (Å²) in [5.41, 5.74) is 4.81. The third-order valence-corrected chi connectivity index (χ3v) is 7.07. The molecule has 1 N–H and O–H groups in total. The first-order valence-corrected chi connectivity index (χ1v) is 14.1. The van der Waals surface area contributed by atoms with Gasteiger partial charge < -0.3 is 9.32 Å². The number of nitrogens with one attached hydrogen (secondary N) is 1. The van der Waals surface area contributed by atoms with Crippen molar-refractivity contribution >= 4 is 6.01 Å². The summed E-state index contributed by atoms with van der Waals surface area (Å²) in [5, 5.41) is 12.1. The van der Waals surface area contributed by atoms with E-state index < -0.39 is 5.76 Å². The van der Waals surface area contributed by atoms with Gasteiger partial charge in [0.1, 0.15) is 5.82 Å². The molecule has 3 heterocycles. The Morgan fingerprint density at radius 3 is 2.36 bits per heavy atom. The van der Waals surface area contributed by atoms with Crippen molar-refractivity contribution in [3.05, 3.63) is 98.0 Å². The van der Waals surface area contributed by atoms with E-state index in [9.17, 15) is 9.59 Å². The van der Waals surface area contributed by atoms with Crippen LogP contribution >= 0.6 is 0 Å². The molecule has 5 aromatic rings. The number of aryl methyl sites for hydroxylation is 1. The van der Waals surface area contributed by atoms with Gasteiger partial charge in [0.25, 0.3) is 5.56 Å². The fourth-order valence-electron chi connectivity index (χ4n) is 4.90. The predicted molar refractivity (Wildman–Crippen MR) is 160 cm³/mol. The van der Waals surface area contributed by atoms with Crippen molar-refractivity contribution in [2.24, 2.45) is 0 Å². The summed E-state index contributed by atoms with van der Waals surface area (Å²) >= 11 is 0. The minimum absolute atomic E-state index is 0.0537. The zero-order valence-electron chi connectivity index (χ0n) is 24.5. The number of nitrogens with zero attached hydrogens (tertiary/aromatic N) is 6. The van der Waals surface area contributed by atoms with E-state index in [0.717, 1.165) is 46.6 Å². The van der Waals surface area contributed by atoms with E-state index in [2.05, 4.69) is 27.3 Å². The van der Waals surface area contributed by atoms with E-state index in [0.29, 0.717) is 36.3 Å². The van der Waals surface area contributed by atoms with Crippen LogP contribution in [0.5, 0.6) is 0 Å². The summed E-state index contributed by atoms with van der Waals surface area (Å²) < 4.78 is 12.3. The second-order valence-corrected chi connectivity index (χ2v) is 10.8. The van der Waals surface area contributed by atoms with Crippen LogP contribution in [0.25, 0.3) is 22.5 Å². The molecule has 5 rings (SSSR count). The molecule has 3 aromatic heterocycles. The molecule has 2 aromatic carbocycles. The number of anilines is 1. The maximum Gasteiger partial charge on any atom is 0.439 e. The maximum atomic E-state index is 14.1. The van der Waals surface area contributed by atoms with E-state index in [1.807, 2.05) is 76.5 Å². The summed E-state index contributed by atoms with van der Waals surface area (Å²) in [5.74, 6) is 0.975. The number of hydrogen-bond acceptors (Lipinski definition) is 9. The molecule has 0 saturated carbocycles. The molecular weight excluding hydrogens is 534 g/mol. The molecule has 0 aliphatic heterocycles. The van der Waals surface area contributed by atoms with Gasteiger partial charge in [-0.2, -0.15) is 0 Å². The summed E-state index contributed by atoms with van der Waals surface area (Å²) in [6, 6.07) is 16.1. The number of unbranched alkanes of at least 4 members (excludes halogenated alkanes) is 1. The summed E-state index contributed by atoms with van der Waals surface area (Å²) in [6.45, 7) is 6.60. The largest absolute Gasteiger partial charge is 0.439 e. The van der Waals surface area contributed by atoms with Gasteiger partial charge in [-0.05, 0) is 29.0 Å². The van der Waals surface area contributed by atoms with Crippen molar-refractivity contribution in [1.29, 1.82) is 0 Å². The fraction of sp³-hybridized carbons (Fsp3) is 0.355. The molecular formula is C31H35N7O4.